The maximum atomic E-state index is 12.5. The van der Waals surface area contributed by atoms with E-state index in [0.717, 1.165) is 15.8 Å². The summed E-state index contributed by atoms with van der Waals surface area (Å²) in [6, 6.07) is 7.70. The number of morpholine rings is 1. The standard InChI is InChI=1S/C18H24N4O3S2/c1-4-24-15-8-6-5-7-14(15)19-17-20-21-18(27-17)26-11-16(23)22-9-12(2)25-13(3)10-22/h5-8,12-13H,4,9-11H2,1-3H3,(H,19,20)/t12-,13-/m1/s1. The first-order valence-corrected chi connectivity index (χ1v) is 10.7. The molecule has 1 N–H and O–H groups in total. The van der Waals surface area contributed by atoms with E-state index >= 15 is 0 Å². The van der Waals surface area contributed by atoms with Crippen LogP contribution in [0.5, 0.6) is 5.75 Å². The monoisotopic (exact) mass is 408 g/mol. The predicted molar refractivity (Wildman–Crippen MR) is 108 cm³/mol. The number of hydrogen-bond donors (Lipinski definition) is 1. The molecule has 0 unspecified atom stereocenters. The van der Waals surface area contributed by atoms with Gasteiger partial charge in [-0.25, -0.2) is 0 Å². The van der Waals surface area contributed by atoms with Crippen molar-refractivity contribution in [1.82, 2.24) is 15.1 Å². The van der Waals surface area contributed by atoms with Crippen LogP contribution in [0.15, 0.2) is 28.6 Å². The molecule has 1 aliphatic heterocycles. The van der Waals surface area contributed by atoms with E-state index in [-0.39, 0.29) is 18.1 Å². The van der Waals surface area contributed by atoms with Crippen molar-refractivity contribution in [2.45, 2.75) is 37.3 Å². The number of hydrogen-bond acceptors (Lipinski definition) is 8. The Kier molecular flexibility index (Phi) is 6.92. The number of nitrogens with zero attached hydrogens (tertiary/aromatic N) is 3. The molecule has 2 aromatic rings. The molecule has 2 heterocycles. The van der Waals surface area contributed by atoms with E-state index in [1.54, 1.807) is 0 Å². The molecule has 1 saturated heterocycles. The predicted octanol–water partition coefficient (Wildman–Crippen LogP) is 3.41. The van der Waals surface area contributed by atoms with Crippen molar-refractivity contribution >= 4 is 39.8 Å². The Bertz CT molecular complexity index is 761. The van der Waals surface area contributed by atoms with Gasteiger partial charge in [-0.05, 0) is 32.9 Å². The Morgan fingerprint density at radius 3 is 2.81 bits per heavy atom. The van der Waals surface area contributed by atoms with Crippen molar-refractivity contribution in [3.05, 3.63) is 24.3 Å². The molecule has 146 valence electrons. The zero-order valence-corrected chi connectivity index (χ0v) is 17.3. The number of anilines is 2. The molecule has 0 radical (unpaired) electrons. The number of aromatic nitrogens is 2. The molecular formula is C18H24N4O3S2. The maximum Gasteiger partial charge on any atom is 0.233 e. The van der Waals surface area contributed by atoms with Crippen molar-refractivity contribution in [2.75, 3.05) is 30.8 Å². The number of nitrogens with one attached hydrogen (secondary N) is 1. The summed E-state index contributed by atoms with van der Waals surface area (Å²) in [7, 11) is 0. The molecule has 1 aliphatic rings. The molecule has 27 heavy (non-hydrogen) atoms. The van der Waals surface area contributed by atoms with Crippen molar-refractivity contribution in [1.29, 1.82) is 0 Å². The Morgan fingerprint density at radius 2 is 2.07 bits per heavy atom. The van der Waals surface area contributed by atoms with Gasteiger partial charge in [0.1, 0.15) is 5.75 Å². The highest BCUT2D eigenvalue weighted by molar-refractivity contribution is 8.01. The molecule has 0 aliphatic carbocycles. The summed E-state index contributed by atoms with van der Waals surface area (Å²) in [5.41, 5.74) is 0.847. The second-order valence-corrected chi connectivity index (χ2v) is 8.47. The van der Waals surface area contributed by atoms with Crippen LogP contribution < -0.4 is 10.1 Å². The average molecular weight is 409 g/mol. The molecule has 1 aromatic carbocycles. The lowest BCUT2D eigenvalue weighted by Crippen LogP contribution is -2.48. The van der Waals surface area contributed by atoms with Gasteiger partial charge in [0.05, 0.1) is 30.3 Å². The molecule has 1 aromatic heterocycles. The SMILES string of the molecule is CCOc1ccccc1Nc1nnc(SCC(=O)N2C[C@@H](C)O[C@H](C)C2)s1. The third-order valence-corrected chi connectivity index (χ3v) is 5.88. The molecule has 9 heteroatoms. The number of para-hydroxylation sites is 2. The zero-order valence-electron chi connectivity index (χ0n) is 15.7. The highest BCUT2D eigenvalue weighted by Gasteiger charge is 2.26. The fraction of sp³-hybridized carbons (Fsp3) is 0.500. The minimum Gasteiger partial charge on any atom is -0.492 e. The van der Waals surface area contributed by atoms with Crippen LogP contribution in [0.25, 0.3) is 0 Å². The summed E-state index contributed by atoms with van der Waals surface area (Å²) in [5.74, 6) is 1.23. The molecule has 0 saturated carbocycles. The Hall–Kier alpha value is -1.84. The summed E-state index contributed by atoms with van der Waals surface area (Å²) < 4.78 is 12.0. The molecule has 0 bridgehead atoms. The van der Waals surface area contributed by atoms with Crippen LogP contribution in [0, 0.1) is 0 Å². The van der Waals surface area contributed by atoms with Crippen LogP contribution in [0.4, 0.5) is 10.8 Å². The summed E-state index contributed by atoms with van der Waals surface area (Å²) in [6.07, 6.45) is 0.149. The van der Waals surface area contributed by atoms with E-state index < -0.39 is 0 Å². The van der Waals surface area contributed by atoms with Gasteiger partial charge in [0.15, 0.2) is 4.34 Å². The van der Waals surface area contributed by atoms with Crippen LogP contribution in [0.1, 0.15) is 20.8 Å². The molecule has 0 spiro atoms. The minimum absolute atomic E-state index is 0.0745. The fourth-order valence-electron chi connectivity index (χ4n) is 2.88. The highest BCUT2D eigenvalue weighted by atomic mass is 32.2. The van der Waals surface area contributed by atoms with Gasteiger partial charge in [0.25, 0.3) is 0 Å². The summed E-state index contributed by atoms with van der Waals surface area (Å²) in [5, 5.41) is 12.2. The van der Waals surface area contributed by atoms with E-state index in [1.165, 1.54) is 23.1 Å². The van der Waals surface area contributed by atoms with Gasteiger partial charge in [-0.3, -0.25) is 4.79 Å². The smallest absolute Gasteiger partial charge is 0.233 e. The number of thioether (sulfide) groups is 1. The molecule has 3 rings (SSSR count). The van der Waals surface area contributed by atoms with Gasteiger partial charge < -0.3 is 19.7 Å². The maximum absolute atomic E-state index is 12.5. The first-order valence-electron chi connectivity index (χ1n) is 8.93. The van der Waals surface area contributed by atoms with Crippen LogP contribution in [0.3, 0.4) is 0 Å². The lowest BCUT2D eigenvalue weighted by Gasteiger charge is -2.35. The van der Waals surface area contributed by atoms with Crippen molar-refractivity contribution < 1.29 is 14.3 Å². The Morgan fingerprint density at radius 1 is 1.33 bits per heavy atom. The van der Waals surface area contributed by atoms with Crippen LogP contribution in [0.2, 0.25) is 0 Å². The molecule has 2 atom stereocenters. The summed E-state index contributed by atoms with van der Waals surface area (Å²) in [4.78, 5) is 14.3. The van der Waals surface area contributed by atoms with Gasteiger partial charge in [0, 0.05) is 13.1 Å². The normalized spacial score (nSPS) is 19.7. The quantitative estimate of drug-likeness (QED) is 0.704. The lowest BCUT2D eigenvalue weighted by atomic mass is 10.2. The van der Waals surface area contributed by atoms with E-state index in [0.29, 0.717) is 30.6 Å². The topological polar surface area (TPSA) is 76.6 Å². The third kappa shape index (κ3) is 5.57. The minimum atomic E-state index is 0.0745. The van der Waals surface area contributed by atoms with Gasteiger partial charge in [-0.2, -0.15) is 0 Å². The van der Waals surface area contributed by atoms with Crippen molar-refractivity contribution in [3.63, 3.8) is 0 Å². The first kappa shape index (κ1) is 19.9. The second-order valence-electron chi connectivity index (χ2n) is 6.27. The van der Waals surface area contributed by atoms with Gasteiger partial charge >= 0.3 is 0 Å². The number of amides is 1. The molecule has 7 nitrogen and oxygen atoms in total. The van der Waals surface area contributed by atoms with Crippen molar-refractivity contribution in [3.8, 4) is 5.75 Å². The van der Waals surface area contributed by atoms with Gasteiger partial charge in [0.2, 0.25) is 11.0 Å². The average Bonchev–Trinajstić information content (AvgIpc) is 3.08. The number of carbonyl (C=O) groups excluding carboxylic acids is 1. The molecule has 1 fully saturated rings. The highest BCUT2D eigenvalue weighted by Crippen LogP contribution is 2.31. The Balaban J connectivity index is 1.55. The van der Waals surface area contributed by atoms with Crippen LogP contribution in [-0.2, 0) is 9.53 Å². The fourth-order valence-corrected chi connectivity index (χ4v) is 4.55. The molecule has 1 amide bonds. The number of rotatable bonds is 7. The van der Waals surface area contributed by atoms with Crippen molar-refractivity contribution in [2.24, 2.45) is 0 Å². The largest absolute Gasteiger partial charge is 0.492 e. The van der Waals surface area contributed by atoms with E-state index in [9.17, 15) is 4.79 Å². The summed E-state index contributed by atoms with van der Waals surface area (Å²) >= 11 is 2.84. The van der Waals surface area contributed by atoms with Gasteiger partial charge in [-0.1, -0.05) is 35.2 Å². The van der Waals surface area contributed by atoms with Crippen LogP contribution in [-0.4, -0.2) is 58.7 Å². The van der Waals surface area contributed by atoms with E-state index in [4.69, 9.17) is 9.47 Å². The number of carbonyl (C=O) groups is 1. The van der Waals surface area contributed by atoms with E-state index in [2.05, 4.69) is 15.5 Å². The van der Waals surface area contributed by atoms with Crippen LogP contribution >= 0.6 is 23.1 Å². The molecular weight excluding hydrogens is 384 g/mol. The first-order chi connectivity index (χ1) is 13.0. The lowest BCUT2D eigenvalue weighted by molar-refractivity contribution is -0.140. The number of benzene rings is 1. The van der Waals surface area contributed by atoms with E-state index in [1.807, 2.05) is 49.9 Å². The zero-order chi connectivity index (χ0) is 19.2. The Labute approximate surface area is 167 Å². The van der Waals surface area contributed by atoms with Gasteiger partial charge in [-0.15, -0.1) is 10.2 Å². The second kappa shape index (κ2) is 9.38. The third-order valence-electron chi connectivity index (χ3n) is 3.93. The number of ether oxygens (including phenoxy) is 2. The summed E-state index contributed by atoms with van der Waals surface area (Å²) in [6.45, 7) is 7.81.